The maximum absolute atomic E-state index is 12.7. The zero-order valence-electron chi connectivity index (χ0n) is 14.7. The number of Topliss-reactive ketones (excluding diaryl/α,β-unsaturated/α-hetero) is 1. The number of carbonyl (C=O) groups excluding carboxylic acids is 2. The van der Waals surface area contributed by atoms with Crippen LogP contribution in [0.4, 0.5) is 0 Å². The van der Waals surface area contributed by atoms with Crippen LogP contribution in [0, 0.1) is 0 Å². The summed E-state index contributed by atoms with van der Waals surface area (Å²) in [6, 6.07) is 0. The molecule has 24 heavy (non-hydrogen) atoms. The third-order valence-corrected chi connectivity index (χ3v) is 4.83. The van der Waals surface area contributed by atoms with Crippen molar-refractivity contribution in [2.24, 2.45) is 0 Å². The van der Waals surface area contributed by atoms with E-state index in [4.69, 9.17) is 4.74 Å². The third kappa shape index (κ3) is 4.56. The van der Waals surface area contributed by atoms with Gasteiger partial charge in [0.15, 0.2) is 11.5 Å². The van der Waals surface area contributed by atoms with E-state index >= 15 is 0 Å². The molecule has 1 aliphatic heterocycles. The first kappa shape index (κ1) is 18.9. The molecule has 0 fully saturated rings. The molecular formula is C20H25BrO3. The predicted molar refractivity (Wildman–Crippen MR) is 99.8 cm³/mol. The van der Waals surface area contributed by atoms with Crippen molar-refractivity contribution in [2.75, 3.05) is 0 Å². The summed E-state index contributed by atoms with van der Waals surface area (Å²) in [5.74, 6) is -0.0366. The van der Waals surface area contributed by atoms with Gasteiger partial charge in [-0.2, -0.15) is 0 Å². The van der Waals surface area contributed by atoms with Crippen LogP contribution < -0.4 is 0 Å². The maximum atomic E-state index is 12.7. The number of carbonyl (C=O) groups is 2. The van der Waals surface area contributed by atoms with Gasteiger partial charge in [-0.3, -0.25) is 9.59 Å². The Balaban J connectivity index is 2.12. The molecule has 0 bridgehead atoms. The molecule has 0 aromatic heterocycles. The molecule has 0 amide bonds. The van der Waals surface area contributed by atoms with Crippen molar-refractivity contribution in [1.29, 1.82) is 0 Å². The minimum atomic E-state index is -0.180. The van der Waals surface area contributed by atoms with E-state index in [-0.39, 0.29) is 23.4 Å². The second-order valence-electron chi connectivity index (χ2n) is 6.55. The Kier molecular flexibility index (Phi) is 6.79. The van der Waals surface area contributed by atoms with Crippen molar-refractivity contribution in [3.05, 3.63) is 45.2 Å². The third-order valence-electron chi connectivity index (χ3n) is 4.17. The average Bonchev–Trinajstić information content (AvgIpc) is 2.51. The number of unbranched alkanes of at least 4 members (excludes halogenated alkanes) is 2. The number of hydrogen-bond acceptors (Lipinski definition) is 3. The SMILES string of the molecule is CCCCCC1=CC(=O)C2=C(OC(CCC=C(C)C)C=C2Br)C1=O. The number of rotatable bonds is 7. The Morgan fingerprint density at radius 2 is 2.04 bits per heavy atom. The van der Waals surface area contributed by atoms with E-state index in [1.807, 2.05) is 6.08 Å². The summed E-state index contributed by atoms with van der Waals surface area (Å²) in [7, 11) is 0. The zero-order chi connectivity index (χ0) is 17.7. The van der Waals surface area contributed by atoms with Crippen LogP contribution in [0.15, 0.2) is 45.2 Å². The average molecular weight is 393 g/mol. The van der Waals surface area contributed by atoms with Crippen LogP contribution in [0.5, 0.6) is 0 Å². The molecule has 0 saturated heterocycles. The van der Waals surface area contributed by atoms with E-state index < -0.39 is 0 Å². The van der Waals surface area contributed by atoms with Crippen LogP contribution in [0.3, 0.4) is 0 Å². The highest BCUT2D eigenvalue weighted by molar-refractivity contribution is 9.12. The summed E-state index contributed by atoms with van der Waals surface area (Å²) >= 11 is 3.45. The molecule has 2 aliphatic rings. The van der Waals surface area contributed by atoms with Crippen molar-refractivity contribution in [1.82, 2.24) is 0 Å². The Bertz CT molecular complexity index is 646. The van der Waals surface area contributed by atoms with Gasteiger partial charge in [0.25, 0.3) is 0 Å². The molecule has 1 atom stereocenters. The molecule has 1 unspecified atom stereocenters. The van der Waals surface area contributed by atoms with E-state index in [1.54, 1.807) is 0 Å². The van der Waals surface area contributed by atoms with Gasteiger partial charge in [0.05, 0.1) is 5.57 Å². The second-order valence-corrected chi connectivity index (χ2v) is 7.41. The van der Waals surface area contributed by atoms with Crippen molar-refractivity contribution >= 4 is 27.5 Å². The fraction of sp³-hybridized carbons (Fsp3) is 0.500. The lowest BCUT2D eigenvalue weighted by Crippen LogP contribution is -2.28. The van der Waals surface area contributed by atoms with Crippen LogP contribution in [0.1, 0.15) is 59.3 Å². The highest BCUT2D eigenvalue weighted by Gasteiger charge is 2.35. The molecule has 4 heteroatoms. The summed E-state index contributed by atoms with van der Waals surface area (Å²) in [5, 5.41) is 0. The van der Waals surface area contributed by atoms with Gasteiger partial charge in [-0.1, -0.05) is 47.3 Å². The van der Waals surface area contributed by atoms with Gasteiger partial charge >= 0.3 is 0 Å². The van der Waals surface area contributed by atoms with Crippen molar-refractivity contribution in [3.8, 4) is 0 Å². The smallest absolute Gasteiger partial charge is 0.224 e. The number of ketones is 2. The Morgan fingerprint density at radius 3 is 2.71 bits per heavy atom. The van der Waals surface area contributed by atoms with Gasteiger partial charge < -0.3 is 4.74 Å². The zero-order valence-corrected chi connectivity index (χ0v) is 16.2. The van der Waals surface area contributed by atoms with E-state index in [2.05, 4.69) is 42.8 Å². The summed E-state index contributed by atoms with van der Waals surface area (Å²) in [4.78, 5) is 25.1. The lowest BCUT2D eigenvalue weighted by Gasteiger charge is -2.27. The fourth-order valence-corrected chi connectivity index (χ4v) is 3.54. The lowest BCUT2D eigenvalue weighted by atomic mass is 9.90. The first-order valence-electron chi connectivity index (χ1n) is 8.65. The predicted octanol–water partition coefficient (Wildman–Crippen LogP) is 5.32. The molecule has 0 spiro atoms. The molecule has 1 heterocycles. The van der Waals surface area contributed by atoms with Gasteiger partial charge in [-0.25, -0.2) is 0 Å². The highest BCUT2D eigenvalue weighted by Crippen LogP contribution is 2.36. The van der Waals surface area contributed by atoms with E-state index in [9.17, 15) is 9.59 Å². The van der Waals surface area contributed by atoms with E-state index in [0.717, 1.165) is 32.1 Å². The monoisotopic (exact) mass is 392 g/mol. The second kappa shape index (κ2) is 8.61. The lowest BCUT2D eigenvalue weighted by molar-refractivity contribution is -0.119. The summed E-state index contributed by atoms with van der Waals surface area (Å²) < 4.78 is 6.57. The maximum Gasteiger partial charge on any atom is 0.224 e. The van der Waals surface area contributed by atoms with Crippen molar-refractivity contribution in [3.63, 3.8) is 0 Å². The number of hydrogen-bond donors (Lipinski definition) is 0. The molecule has 1 aliphatic carbocycles. The normalized spacial score (nSPS) is 20.2. The van der Waals surface area contributed by atoms with Crippen molar-refractivity contribution in [2.45, 2.75) is 65.4 Å². The van der Waals surface area contributed by atoms with Crippen LogP contribution in [-0.2, 0) is 14.3 Å². The fourth-order valence-electron chi connectivity index (χ4n) is 2.87. The largest absolute Gasteiger partial charge is 0.481 e. The molecule has 0 saturated carbocycles. The highest BCUT2D eigenvalue weighted by atomic mass is 79.9. The van der Waals surface area contributed by atoms with Crippen LogP contribution in [-0.4, -0.2) is 17.7 Å². The Hall–Kier alpha value is -1.42. The molecule has 130 valence electrons. The molecule has 0 aromatic rings. The van der Waals surface area contributed by atoms with Crippen LogP contribution in [0.2, 0.25) is 0 Å². The van der Waals surface area contributed by atoms with Gasteiger partial charge in [0, 0.05) is 10.1 Å². The molecule has 3 nitrogen and oxygen atoms in total. The van der Waals surface area contributed by atoms with Gasteiger partial charge in [0.2, 0.25) is 5.78 Å². The summed E-state index contributed by atoms with van der Waals surface area (Å²) in [6.07, 6.45) is 10.7. The summed E-state index contributed by atoms with van der Waals surface area (Å²) in [6.45, 7) is 6.24. The van der Waals surface area contributed by atoms with E-state index in [0.29, 0.717) is 22.0 Å². The first-order valence-corrected chi connectivity index (χ1v) is 9.45. The summed E-state index contributed by atoms with van der Waals surface area (Å²) in [5.41, 5.74) is 2.22. The van der Waals surface area contributed by atoms with Gasteiger partial charge in [0.1, 0.15) is 6.10 Å². The van der Waals surface area contributed by atoms with Crippen LogP contribution >= 0.6 is 15.9 Å². The molecular weight excluding hydrogens is 368 g/mol. The Labute approximate surface area is 152 Å². The minimum absolute atomic E-state index is 0.127. The molecule has 0 aromatic carbocycles. The number of allylic oxidation sites excluding steroid dienone is 6. The van der Waals surface area contributed by atoms with Gasteiger partial charge in [-0.05, 0) is 51.7 Å². The number of ether oxygens (including phenoxy) is 1. The van der Waals surface area contributed by atoms with Crippen molar-refractivity contribution < 1.29 is 14.3 Å². The first-order chi connectivity index (χ1) is 11.4. The van der Waals surface area contributed by atoms with Crippen LogP contribution in [0.25, 0.3) is 0 Å². The number of halogens is 1. The molecule has 0 N–H and O–H groups in total. The topological polar surface area (TPSA) is 43.4 Å². The standard InChI is InChI=1S/C20H25BrO3/c1-4-5-6-9-14-11-17(22)18-16(21)12-15(10-7-8-13(2)3)24-20(18)19(14)23/h8,11-12,15H,4-7,9-10H2,1-3H3. The van der Waals surface area contributed by atoms with E-state index in [1.165, 1.54) is 11.6 Å². The quantitative estimate of drug-likeness (QED) is 0.334. The van der Waals surface area contributed by atoms with Gasteiger partial charge in [-0.15, -0.1) is 0 Å². The Morgan fingerprint density at radius 1 is 1.29 bits per heavy atom. The molecule has 2 rings (SSSR count). The minimum Gasteiger partial charge on any atom is -0.481 e. The molecule has 0 radical (unpaired) electrons.